The predicted octanol–water partition coefficient (Wildman–Crippen LogP) is 4.35. The number of carbonyl (C=O) groups excluding carboxylic acids is 1. The number of nitro groups is 1. The van der Waals surface area contributed by atoms with Crippen LogP contribution in [0.25, 0.3) is 0 Å². The molecule has 0 spiro atoms. The Hall–Kier alpha value is -3.06. The quantitative estimate of drug-likeness (QED) is 0.185. The van der Waals surface area contributed by atoms with E-state index in [0.29, 0.717) is 17.7 Å². The second-order valence-electron chi connectivity index (χ2n) is 6.41. The number of carbonyl (C=O) groups is 1. The molecule has 0 unspecified atom stereocenters. The van der Waals surface area contributed by atoms with Crippen LogP contribution in [0, 0.1) is 17.0 Å². The Morgan fingerprint density at radius 2 is 2.03 bits per heavy atom. The molecule has 1 aromatic carbocycles. The molecule has 0 aliphatic carbocycles. The maximum atomic E-state index is 13.1. The largest absolute Gasteiger partial charge is 0.475 e. The topological polar surface area (TPSA) is 115 Å². The fourth-order valence-corrected chi connectivity index (χ4v) is 2.79. The maximum Gasteiger partial charge on any atom is 0.434 e. The van der Waals surface area contributed by atoms with Crippen molar-refractivity contribution in [1.29, 1.82) is 0 Å². The average Bonchev–Trinajstić information content (AvgIpc) is 3.01. The molecule has 33 heavy (non-hydrogen) atoms. The van der Waals surface area contributed by atoms with Crippen molar-refractivity contribution in [2.45, 2.75) is 19.0 Å². The molecule has 0 aliphatic heterocycles. The molecule has 10 nitrogen and oxygen atoms in total. The highest BCUT2D eigenvalue weighted by atomic mass is 35.5. The summed E-state index contributed by atoms with van der Waals surface area (Å²) < 4.78 is 60.2. The summed E-state index contributed by atoms with van der Waals surface area (Å²) >= 11 is 5.73. The summed E-state index contributed by atoms with van der Waals surface area (Å²) in [6.07, 6.45) is -3.30. The van der Waals surface area contributed by atoms with Crippen molar-refractivity contribution in [1.82, 2.24) is 9.78 Å². The van der Waals surface area contributed by atoms with E-state index in [0.717, 1.165) is 31.7 Å². The van der Waals surface area contributed by atoms with Crippen LogP contribution >= 0.6 is 11.6 Å². The van der Waals surface area contributed by atoms with Gasteiger partial charge in [-0.1, -0.05) is 24.9 Å². The summed E-state index contributed by atoms with van der Waals surface area (Å²) in [4.78, 5) is 22.3. The van der Waals surface area contributed by atoms with Gasteiger partial charge < -0.3 is 18.9 Å². The number of esters is 1. The highest BCUT2D eigenvalue weighted by molar-refractivity contribution is 6.32. The number of halogens is 4. The van der Waals surface area contributed by atoms with Gasteiger partial charge in [-0.25, -0.2) is 4.79 Å². The molecular weight excluding hydrogens is 475 g/mol. The van der Waals surface area contributed by atoms with Gasteiger partial charge in [-0.2, -0.15) is 13.2 Å². The van der Waals surface area contributed by atoms with E-state index < -0.39 is 46.0 Å². The number of rotatable bonds is 12. The number of hydrogen-bond acceptors (Lipinski definition) is 8. The third-order valence-corrected chi connectivity index (χ3v) is 4.29. The molecule has 1 heterocycles. The number of unbranched alkanes of at least 4 members (excludes halogenated alkanes) is 1. The average molecular weight is 495 g/mol. The van der Waals surface area contributed by atoms with Gasteiger partial charge >= 0.3 is 17.8 Å². The Balaban J connectivity index is 2.06. The Morgan fingerprint density at radius 3 is 2.64 bits per heavy atom. The molecule has 0 bridgehead atoms. The Bertz CT molecular complexity index is 982. The van der Waals surface area contributed by atoms with Crippen LogP contribution in [0.15, 0.2) is 18.2 Å². The van der Waals surface area contributed by atoms with Crippen LogP contribution in [0.1, 0.15) is 18.5 Å². The van der Waals surface area contributed by atoms with Crippen molar-refractivity contribution in [3.63, 3.8) is 0 Å². The zero-order chi connectivity index (χ0) is 24.6. The van der Waals surface area contributed by atoms with E-state index in [-0.39, 0.29) is 24.7 Å². The first-order chi connectivity index (χ1) is 15.5. The molecule has 0 saturated heterocycles. The highest BCUT2D eigenvalue weighted by Gasteiger charge is 2.39. The third-order valence-electron chi connectivity index (χ3n) is 3.95. The van der Waals surface area contributed by atoms with Crippen LogP contribution in [-0.2, 0) is 27.5 Å². The molecule has 1 aromatic heterocycles. The molecule has 0 atom stereocenters. The van der Waals surface area contributed by atoms with Gasteiger partial charge in [-0.3, -0.25) is 14.8 Å². The normalized spacial score (nSPS) is 11.3. The SMILES string of the molecule is [CH2]CCCOCCOC(=O)COc1cc(Oc2nn(C)c(C(F)(F)F)c2Cl)ccc1[N+](=O)[O-]. The minimum Gasteiger partial charge on any atom is -0.475 e. The van der Waals surface area contributed by atoms with Gasteiger partial charge in [0.25, 0.3) is 5.88 Å². The van der Waals surface area contributed by atoms with Gasteiger partial charge in [0, 0.05) is 25.8 Å². The number of aryl methyl sites for hydroxylation is 1. The van der Waals surface area contributed by atoms with Crippen molar-refractivity contribution in [3.8, 4) is 17.4 Å². The number of ether oxygens (including phenoxy) is 4. The van der Waals surface area contributed by atoms with Crippen LogP contribution in [0.2, 0.25) is 5.02 Å². The lowest BCUT2D eigenvalue weighted by molar-refractivity contribution is -0.385. The van der Waals surface area contributed by atoms with Gasteiger partial charge in [0.15, 0.2) is 12.3 Å². The van der Waals surface area contributed by atoms with Crippen LogP contribution in [0.3, 0.4) is 0 Å². The summed E-state index contributed by atoms with van der Waals surface area (Å²) in [5, 5.41) is 14.0. The second kappa shape index (κ2) is 11.7. The lowest BCUT2D eigenvalue weighted by Gasteiger charge is -2.10. The number of hydrogen-bond donors (Lipinski definition) is 0. The van der Waals surface area contributed by atoms with Crippen molar-refractivity contribution in [3.05, 3.63) is 46.0 Å². The standard InChI is InChI=1S/C19H20ClF3N3O7/c1-3-4-7-30-8-9-31-15(27)11-32-14-10-12(5-6-13(14)26(28)29)33-18-16(20)17(19(21,22)23)25(2)24-18/h5-6,10H,1,3-4,7-9,11H2,2H3. The first-order valence-electron chi connectivity index (χ1n) is 9.46. The molecular formula is C19H20ClF3N3O7. The molecule has 2 rings (SSSR count). The maximum absolute atomic E-state index is 13.1. The summed E-state index contributed by atoms with van der Waals surface area (Å²) in [6.45, 7) is 3.60. The molecule has 0 fully saturated rings. The van der Waals surface area contributed by atoms with E-state index in [1.807, 2.05) is 0 Å². The third kappa shape index (κ3) is 7.49. The monoisotopic (exact) mass is 494 g/mol. The Labute approximate surface area is 191 Å². The highest BCUT2D eigenvalue weighted by Crippen LogP contribution is 2.41. The molecule has 0 saturated carbocycles. The molecule has 0 amide bonds. The van der Waals surface area contributed by atoms with E-state index in [2.05, 4.69) is 12.0 Å². The Kier molecular flexibility index (Phi) is 9.29. The van der Waals surface area contributed by atoms with E-state index in [1.54, 1.807) is 0 Å². The summed E-state index contributed by atoms with van der Waals surface area (Å²) in [5.41, 5.74) is -1.73. The van der Waals surface area contributed by atoms with Crippen LogP contribution in [0.5, 0.6) is 17.4 Å². The van der Waals surface area contributed by atoms with Crippen molar-refractivity contribution < 1.29 is 41.8 Å². The fraction of sp³-hybridized carbons (Fsp3) is 0.421. The number of aromatic nitrogens is 2. The summed E-state index contributed by atoms with van der Waals surface area (Å²) in [7, 11) is 1.03. The minimum absolute atomic E-state index is 0.0374. The molecule has 14 heteroatoms. The first kappa shape index (κ1) is 26.2. The van der Waals surface area contributed by atoms with E-state index in [9.17, 15) is 28.1 Å². The lowest BCUT2D eigenvalue weighted by Crippen LogP contribution is -2.18. The molecule has 181 valence electrons. The fourth-order valence-electron chi connectivity index (χ4n) is 2.48. The van der Waals surface area contributed by atoms with E-state index in [4.69, 9.17) is 30.5 Å². The lowest BCUT2D eigenvalue weighted by atomic mass is 10.3. The smallest absolute Gasteiger partial charge is 0.434 e. The summed E-state index contributed by atoms with van der Waals surface area (Å²) in [6, 6.07) is 3.13. The Morgan fingerprint density at radius 1 is 1.30 bits per heavy atom. The van der Waals surface area contributed by atoms with Crippen molar-refractivity contribution >= 4 is 23.3 Å². The van der Waals surface area contributed by atoms with Gasteiger partial charge in [0.1, 0.15) is 17.4 Å². The van der Waals surface area contributed by atoms with Crippen molar-refractivity contribution in [2.24, 2.45) is 7.05 Å². The van der Waals surface area contributed by atoms with Gasteiger partial charge in [0.05, 0.1) is 11.5 Å². The number of nitrogens with zero attached hydrogens (tertiary/aromatic N) is 3. The van der Waals surface area contributed by atoms with Gasteiger partial charge in [-0.05, 0) is 12.5 Å². The number of benzene rings is 1. The van der Waals surface area contributed by atoms with Crippen LogP contribution in [0.4, 0.5) is 18.9 Å². The van der Waals surface area contributed by atoms with Crippen molar-refractivity contribution in [2.75, 3.05) is 26.4 Å². The zero-order valence-electron chi connectivity index (χ0n) is 17.4. The second-order valence-corrected chi connectivity index (χ2v) is 6.78. The zero-order valence-corrected chi connectivity index (χ0v) is 18.1. The van der Waals surface area contributed by atoms with Gasteiger partial charge in [-0.15, -0.1) is 5.10 Å². The number of alkyl halides is 3. The summed E-state index contributed by atoms with van der Waals surface area (Å²) in [5.74, 6) is -1.90. The molecule has 1 radical (unpaired) electrons. The molecule has 2 aromatic rings. The minimum atomic E-state index is -4.78. The van der Waals surface area contributed by atoms with Crippen LogP contribution < -0.4 is 9.47 Å². The molecule has 0 aliphatic rings. The van der Waals surface area contributed by atoms with E-state index in [1.165, 1.54) is 0 Å². The van der Waals surface area contributed by atoms with Crippen LogP contribution in [-0.4, -0.2) is 47.1 Å². The number of nitro benzene ring substituents is 1. The first-order valence-corrected chi connectivity index (χ1v) is 9.83. The molecule has 0 N–H and O–H groups in total. The van der Waals surface area contributed by atoms with E-state index >= 15 is 0 Å². The van der Waals surface area contributed by atoms with Gasteiger partial charge in [0.2, 0.25) is 5.75 Å². The predicted molar refractivity (Wildman–Crippen MR) is 108 cm³/mol.